The second kappa shape index (κ2) is 6.48. The summed E-state index contributed by atoms with van der Waals surface area (Å²) in [5.74, 6) is -0.0284. The summed E-state index contributed by atoms with van der Waals surface area (Å²) in [7, 11) is 0. The van der Waals surface area contributed by atoms with E-state index in [4.69, 9.17) is 0 Å². The topological polar surface area (TPSA) is 54.6 Å². The van der Waals surface area contributed by atoms with Gasteiger partial charge in [0, 0.05) is 23.5 Å². The van der Waals surface area contributed by atoms with E-state index in [1.807, 2.05) is 73.7 Å². The summed E-state index contributed by atoms with van der Waals surface area (Å²) in [6.07, 6.45) is 1.47. The summed E-state index contributed by atoms with van der Waals surface area (Å²) in [5, 5.41) is 13.4. The monoisotopic (exact) mass is 342 g/mol. The van der Waals surface area contributed by atoms with E-state index in [1.165, 1.54) is 6.21 Å². The molecule has 0 atom stereocenters. The van der Waals surface area contributed by atoms with E-state index in [2.05, 4.69) is 4.99 Å². The summed E-state index contributed by atoms with van der Waals surface area (Å²) >= 11 is 0. The van der Waals surface area contributed by atoms with Gasteiger partial charge in [0.25, 0.3) is 5.56 Å². The molecule has 0 spiro atoms. The lowest BCUT2D eigenvalue weighted by molar-refractivity contribution is 0.478. The number of pyridine rings is 1. The van der Waals surface area contributed by atoms with Crippen LogP contribution in [0.1, 0.15) is 12.5 Å². The third-order valence-electron chi connectivity index (χ3n) is 4.60. The molecular formula is C22H18N2O2. The van der Waals surface area contributed by atoms with Crippen LogP contribution in [0.3, 0.4) is 0 Å². The zero-order valence-electron chi connectivity index (χ0n) is 14.4. The molecular weight excluding hydrogens is 324 g/mol. The Bertz CT molecular complexity index is 1200. The second-order valence-electron chi connectivity index (χ2n) is 6.09. The first-order valence-electron chi connectivity index (χ1n) is 8.57. The zero-order valence-corrected chi connectivity index (χ0v) is 14.4. The van der Waals surface area contributed by atoms with Gasteiger partial charge in [-0.15, -0.1) is 0 Å². The lowest BCUT2D eigenvalue weighted by atomic mass is 10.1. The molecule has 1 N–H and O–H groups in total. The standard InChI is InChI=1S/C22H18N2O2/c1-2-24-20-13-6-5-11-17(20)21(25)18(22(24)26)14-23-19-12-7-9-15-8-3-4-10-16(15)19/h3-14,25H,2H2,1H3. The normalized spacial score (nSPS) is 11.6. The molecule has 0 fully saturated rings. The fourth-order valence-electron chi connectivity index (χ4n) is 3.30. The smallest absolute Gasteiger partial charge is 0.263 e. The highest BCUT2D eigenvalue weighted by Crippen LogP contribution is 2.28. The van der Waals surface area contributed by atoms with E-state index in [0.717, 1.165) is 22.0 Å². The number of benzene rings is 3. The molecule has 1 aromatic heterocycles. The third kappa shape index (κ3) is 2.56. The van der Waals surface area contributed by atoms with E-state index < -0.39 is 0 Å². The summed E-state index contributed by atoms with van der Waals surface area (Å²) in [6, 6.07) is 21.1. The molecule has 3 aromatic carbocycles. The minimum atomic E-state index is -0.243. The van der Waals surface area contributed by atoms with Gasteiger partial charge < -0.3 is 9.67 Å². The number of aliphatic imine (C=N–C) groups is 1. The van der Waals surface area contributed by atoms with Gasteiger partial charge in [0.1, 0.15) is 11.3 Å². The van der Waals surface area contributed by atoms with E-state index in [-0.39, 0.29) is 16.9 Å². The van der Waals surface area contributed by atoms with Crippen LogP contribution < -0.4 is 5.56 Å². The van der Waals surface area contributed by atoms with Gasteiger partial charge in [0.15, 0.2) is 0 Å². The van der Waals surface area contributed by atoms with Gasteiger partial charge in [-0.1, -0.05) is 48.5 Å². The molecule has 0 bridgehead atoms. The van der Waals surface area contributed by atoms with Crippen LogP contribution in [0.4, 0.5) is 5.69 Å². The van der Waals surface area contributed by atoms with E-state index >= 15 is 0 Å². The SMILES string of the molecule is CCn1c(=O)c(C=Nc2cccc3ccccc23)c(O)c2ccccc21. The fraction of sp³-hybridized carbons (Fsp3) is 0.0909. The lowest BCUT2D eigenvalue weighted by Crippen LogP contribution is -2.23. The molecule has 1 heterocycles. The van der Waals surface area contributed by atoms with Crippen molar-refractivity contribution in [3.63, 3.8) is 0 Å². The van der Waals surface area contributed by atoms with Crippen molar-refractivity contribution >= 4 is 33.6 Å². The van der Waals surface area contributed by atoms with Crippen molar-refractivity contribution in [2.75, 3.05) is 0 Å². The van der Waals surface area contributed by atoms with Crippen LogP contribution in [0.25, 0.3) is 21.7 Å². The Morgan fingerprint density at radius 2 is 1.65 bits per heavy atom. The molecule has 0 saturated heterocycles. The number of aromatic nitrogens is 1. The highest BCUT2D eigenvalue weighted by Gasteiger charge is 2.13. The van der Waals surface area contributed by atoms with Gasteiger partial charge in [0.05, 0.1) is 11.2 Å². The molecule has 0 unspecified atom stereocenters. The van der Waals surface area contributed by atoms with Crippen LogP contribution in [-0.2, 0) is 6.54 Å². The molecule has 4 aromatic rings. The van der Waals surface area contributed by atoms with E-state index in [1.54, 1.807) is 4.57 Å². The van der Waals surface area contributed by atoms with Crippen LogP contribution >= 0.6 is 0 Å². The van der Waals surface area contributed by atoms with Crippen molar-refractivity contribution in [1.82, 2.24) is 4.57 Å². The Morgan fingerprint density at radius 1 is 0.962 bits per heavy atom. The zero-order chi connectivity index (χ0) is 18.1. The summed E-state index contributed by atoms with van der Waals surface area (Å²) in [4.78, 5) is 17.3. The summed E-state index contributed by atoms with van der Waals surface area (Å²) < 4.78 is 1.65. The predicted molar refractivity (Wildman–Crippen MR) is 107 cm³/mol. The average Bonchev–Trinajstić information content (AvgIpc) is 2.68. The van der Waals surface area contributed by atoms with Crippen LogP contribution in [-0.4, -0.2) is 15.9 Å². The molecule has 0 aliphatic rings. The number of hydrogen-bond donors (Lipinski definition) is 1. The number of fused-ring (bicyclic) bond motifs is 2. The highest BCUT2D eigenvalue weighted by molar-refractivity contribution is 5.98. The Labute approximate surface area is 150 Å². The first-order valence-corrected chi connectivity index (χ1v) is 8.57. The quantitative estimate of drug-likeness (QED) is 0.552. The first kappa shape index (κ1) is 16.1. The predicted octanol–water partition coefficient (Wildman–Crippen LogP) is 4.63. The maximum atomic E-state index is 12.8. The Morgan fingerprint density at radius 3 is 2.46 bits per heavy atom. The Balaban J connectivity index is 1.92. The number of hydrogen-bond acceptors (Lipinski definition) is 3. The van der Waals surface area contributed by atoms with E-state index in [0.29, 0.717) is 11.9 Å². The molecule has 4 heteroatoms. The highest BCUT2D eigenvalue weighted by atomic mass is 16.3. The van der Waals surface area contributed by atoms with Crippen LogP contribution in [0.15, 0.2) is 76.5 Å². The summed E-state index contributed by atoms with van der Waals surface area (Å²) in [6.45, 7) is 2.44. The average molecular weight is 342 g/mol. The number of aromatic hydroxyl groups is 1. The lowest BCUT2D eigenvalue weighted by Gasteiger charge is -2.11. The van der Waals surface area contributed by atoms with Gasteiger partial charge in [-0.05, 0) is 30.5 Å². The Kier molecular flexibility index (Phi) is 4.01. The first-order chi connectivity index (χ1) is 12.7. The van der Waals surface area contributed by atoms with Crippen molar-refractivity contribution in [3.05, 3.63) is 82.6 Å². The summed E-state index contributed by atoms with van der Waals surface area (Å²) in [5.41, 5.74) is 1.45. The molecule has 0 aliphatic carbocycles. The molecule has 128 valence electrons. The largest absolute Gasteiger partial charge is 0.506 e. The number of aryl methyl sites for hydroxylation is 1. The van der Waals surface area contributed by atoms with Crippen molar-refractivity contribution in [1.29, 1.82) is 0 Å². The second-order valence-corrected chi connectivity index (χ2v) is 6.09. The van der Waals surface area contributed by atoms with Gasteiger partial charge in [-0.3, -0.25) is 9.79 Å². The van der Waals surface area contributed by atoms with Crippen molar-refractivity contribution < 1.29 is 5.11 Å². The van der Waals surface area contributed by atoms with Crippen LogP contribution in [0.2, 0.25) is 0 Å². The molecule has 0 radical (unpaired) electrons. The van der Waals surface area contributed by atoms with Crippen LogP contribution in [0, 0.1) is 0 Å². The molecule has 4 rings (SSSR count). The molecule has 0 saturated carbocycles. The minimum absolute atomic E-state index is 0.0284. The van der Waals surface area contributed by atoms with Crippen molar-refractivity contribution in [2.24, 2.45) is 4.99 Å². The molecule has 26 heavy (non-hydrogen) atoms. The van der Waals surface area contributed by atoms with Crippen molar-refractivity contribution in [2.45, 2.75) is 13.5 Å². The van der Waals surface area contributed by atoms with E-state index in [9.17, 15) is 9.90 Å². The maximum Gasteiger partial charge on any atom is 0.263 e. The maximum absolute atomic E-state index is 12.8. The van der Waals surface area contributed by atoms with Gasteiger partial charge in [0.2, 0.25) is 0 Å². The van der Waals surface area contributed by atoms with Crippen LogP contribution in [0.5, 0.6) is 5.75 Å². The van der Waals surface area contributed by atoms with Crippen molar-refractivity contribution in [3.8, 4) is 5.75 Å². The van der Waals surface area contributed by atoms with Gasteiger partial charge >= 0.3 is 0 Å². The van der Waals surface area contributed by atoms with Gasteiger partial charge in [-0.25, -0.2) is 0 Å². The minimum Gasteiger partial charge on any atom is -0.506 e. The number of para-hydroxylation sites is 1. The van der Waals surface area contributed by atoms with Gasteiger partial charge in [-0.2, -0.15) is 0 Å². The Hall–Kier alpha value is -3.40. The third-order valence-corrected chi connectivity index (χ3v) is 4.60. The number of nitrogens with zero attached hydrogens (tertiary/aromatic N) is 2. The number of rotatable bonds is 3. The molecule has 0 aliphatic heterocycles. The molecule has 4 nitrogen and oxygen atoms in total. The fourth-order valence-corrected chi connectivity index (χ4v) is 3.30. The molecule has 0 amide bonds.